The van der Waals surface area contributed by atoms with Crippen LogP contribution in [0, 0.1) is 0 Å². The van der Waals surface area contributed by atoms with E-state index in [0.717, 1.165) is 5.56 Å². The van der Waals surface area contributed by atoms with Gasteiger partial charge in [0.15, 0.2) is 11.9 Å². The first-order valence-corrected chi connectivity index (χ1v) is 8.20. The van der Waals surface area contributed by atoms with Gasteiger partial charge >= 0.3 is 6.09 Å². The highest BCUT2D eigenvalue weighted by molar-refractivity contribution is 6.32. The molecule has 2 aromatic carbocycles. The van der Waals surface area contributed by atoms with Crippen LogP contribution in [0.3, 0.4) is 0 Å². The molecule has 0 spiro atoms. The fourth-order valence-corrected chi connectivity index (χ4v) is 3.55. The van der Waals surface area contributed by atoms with E-state index >= 15 is 0 Å². The molecule has 0 N–H and O–H groups in total. The first kappa shape index (κ1) is 14.4. The van der Waals surface area contributed by atoms with Crippen molar-refractivity contribution in [3.8, 4) is 11.5 Å². The minimum Gasteiger partial charge on any atom is -0.465 e. The lowest BCUT2D eigenvalue weighted by Crippen LogP contribution is -2.37. The van der Waals surface area contributed by atoms with Gasteiger partial charge in [-0.3, -0.25) is 4.90 Å². The SMILES string of the molecule is O=C1OC(c2ccco2)c2c(Cl)ccc3c2N1Cc1ccccc1O3. The van der Waals surface area contributed by atoms with Gasteiger partial charge in [0, 0.05) is 11.1 Å². The Balaban J connectivity index is 1.76. The first-order chi connectivity index (χ1) is 12.2. The predicted octanol–water partition coefficient (Wildman–Crippen LogP) is 5.28. The van der Waals surface area contributed by atoms with Crippen molar-refractivity contribution in [3.63, 3.8) is 0 Å². The van der Waals surface area contributed by atoms with Gasteiger partial charge < -0.3 is 13.9 Å². The number of furan rings is 1. The molecule has 6 heteroatoms. The summed E-state index contributed by atoms with van der Waals surface area (Å²) in [7, 11) is 0. The number of carbonyl (C=O) groups excluding carboxylic acids is 1. The standard InChI is InChI=1S/C19H12ClNO4/c20-12-7-8-14-17-16(12)18(15-6-3-9-23-15)25-19(22)21(17)10-11-4-1-2-5-13(11)24-14/h1-9,18H,10H2. The van der Waals surface area contributed by atoms with Crippen LogP contribution in [-0.4, -0.2) is 6.09 Å². The Hall–Kier alpha value is -2.92. The van der Waals surface area contributed by atoms with Crippen molar-refractivity contribution in [1.29, 1.82) is 0 Å². The number of anilines is 1. The summed E-state index contributed by atoms with van der Waals surface area (Å²) in [6.45, 7) is 0.347. The van der Waals surface area contributed by atoms with Crippen LogP contribution in [0.15, 0.2) is 59.2 Å². The number of nitrogens with zero attached hydrogens (tertiary/aromatic N) is 1. The normalized spacial score (nSPS) is 17.9. The largest absolute Gasteiger partial charge is 0.465 e. The number of para-hydroxylation sites is 1. The molecular formula is C19H12ClNO4. The van der Waals surface area contributed by atoms with E-state index in [1.165, 1.54) is 6.26 Å². The van der Waals surface area contributed by atoms with Crippen molar-refractivity contribution >= 4 is 23.4 Å². The van der Waals surface area contributed by atoms with Crippen LogP contribution in [0.25, 0.3) is 0 Å². The number of halogens is 1. The van der Waals surface area contributed by atoms with Crippen LogP contribution < -0.4 is 9.64 Å². The van der Waals surface area contributed by atoms with Gasteiger partial charge in [0.25, 0.3) is 0 Å². The molecule has 1 unspecified atom stereocenters. The average molecular weight is 354 g/mol. The Bertz CT molecular complexity index is 983. The van der Waals surface area contributed by atoms with Gasteiger partial charge in [0.2, 0.25) is 0 Å². The minimum absolute atomic E-state index is 0.347. The van der Waals surface area contributed by atoms with E-state index in [-0.39, 0.29) is 0 Å². The summed E-state index contributed by atoms with van der Waals surface area (Å²) in [6.07, 6.45) is 0.376. The zero-order valence-electron chi connectivity index (χ0n) is 12.9. The summed E-state index contributed by atoms with van der Waals surface area (Å²) >= 11 is 6.47. The van der Waals surface area contributed by atoms with Crippen molar-refractivity contribution in [2.24, 2.45) is 0 Å². The zero-order chi connectivity index (χ0) is 17.0. The van der Waals surface area contributed by atoms with Crippen LogP contribution in [0.4, 0.5) is 10.5 Å². The van der Waals surface area contributed by atoms with Crippen molar-refractivity contribution in [2.75, 3.05) is 4.90 Å². The van der Waals surface area contributed by atoms with Crippen LogP contribution >= 0.6 is 11.6 Å². The molecule has 0 saturated carbocycles. The third-order valence-corrected chi connectivity index (χ3v) is 4.75. The Morgan fingerprint density at radius 3 is 2.76 bits per heavy atom. The van der Waals surface area contributed by atoms with E-state index in [4.69, 9.17) is 25.5 Å². The Morgan fingerprint density at radius 2 is 1.92 bits per heavy atom. The zero-order valence-corrected chi connectivity index (χ0v) is 13.7. The third kappa shape index (κ3) is 2.13. The average Bonchev–Trinajstić information content (AvgIpc) is 3.09. The number of amides is 1. The molecule has 124 valence electrons. The van der Waals surface area contributed by atoms with Crippen LogP contribution in [0.5, 0.6) is 11.5 Å². The number of benzene rings is 2. The summed E-state index contributed by atoms with van der Waals surface area (Å²) in [6, 6.07) is 14.6. The van der Waals surface area contributed by atoms with E-state index < -0.39 is 12.2 Å². The van der Waals surface area contributed by atoms with Crippen molar-refractivity contribution in [3.05, 3.63) is 76.7 Å². The lowest BCUT2D eigenvalue weighted by Gasteiger charge is -2.33. The lowest BCUT2D eigenvalue weighted by atomic mass is 10.0. The number of hydrogen-bond acceptors (Lipinski definition) is 4. The van der Waals surface area contributed by atoms with Gasteiger partial charge in [0.1, 0.15) is 11.5 Å². The summed E-state index contributed by atoms with van der Waals surface area (Å²) in [4.78, 5) is 14.3. The molecule has 1 amide bonds. The van der Waals surface area contributed by atoms with E-state index in [9.17, 15) is 4.79 Å². The Morgan fingerprint density at radius 1 is 1.04 bits per heavy atom. The van der Waals surface area contributed by atoms with E-state index in [0.29, 0.717) is 40.1 Å². The molecule has 5 nitrogen and oxygen atoms in total. The molecule has 25 heavy (non-hydrogen) atoms. The number of hydrogen-bond donors (Lipinski definition) is 0. The molecule has 1 atom stereocenters. The second kappa shape index (κ2) is 5.29. The third-order valence-electron chi connectivity index (χ3n) is 4.42. The van der Waals surface area contributed by atoms with Gasteiger partial charge in [-0.2, -0.15) is 0 Å². The fraction of sp³-hybridized carbons (Fsp3) is 0.105. The molecular weight excluding hydrogens is 342 g/mol. The van der Waals surface area contributed by atoms with Crippen LogP contribution in [-0.2, 0) is 11.3 Å². The quantitative estimate of drug-likeness (QED) is 0.597. The molecule has 0 aliphatic carbocycles. The number of ether oxygens (including phenoxy) is 2. The highest BCUT2D eigenvalue weighted by atomic mass is 35.5. The van der Waals surface area contributed by atoms with Gasteiger partial charge in [0.05, 0.1) is 23.5 Å². The number of rotatable bonds is 1. The molecule has 0 radical (unpaired) electrons. The van der Waals surface area contributed by atoms with Crippen molar-refractivity contribution in [1.82, 2.24) is 0 Å². The maximum atomic E-state index is 12.7. The molecule has 3 aromatic rings. The van der Waals surface area contributed by atoms with Gasteiger partial charge in [-0.05, 0) is 30.3 Å². The van der Waals surface area contributed by atoms with E-state index in [1.807, 2.05) is 24.3 Å². The molecule has 0 bridgehead atoms. The van der Waals surface area contributed by atoms with Crippen LogP contribution in [0.2, 0.25) is 5.02 Å². The maximum absolute atomic E-state index is 12.7. The van der Waals surface area contributed by atoms with Crippen LogP contribution in [0.1, 0.15) is 23.0 Å². The van der Waals surface area contributed by atoms with Gasteiger partial charge in [-0.25, -0.2) is 4.79 Å². The molecule has 3 heterocycles. The highest BCUT2D eigenvalue weighted by Crippen LogP contribution is 2.50. The fourth-order valence-electron chi connectivity index (χ4n) is 3.30. The van der Waals surface area contributed by atoms with Crippen molar-refractivity contribution < 1.29 is 18.7 Å². The Labute approximate surface area is 148 Å². The molecule has 1 aromatic heterocycles. The summed E-state index contributed by atoms with van der Waals surface area (Å²) in [5.41, 5.74) is 2.19. The summed E-state index contributed by atoms with van der Waals surface area (Å²) in [5.74, 6) is 1.80. The molecule has 0 saturated heterocycles. The number of carbonyl (C=O) groups is 1. The highest BCUT2D eigenvalue weighted by Gasteiger charge is 2.40. The smallest absolute Gasteiger partial charge is 0.415 e. The lowest BCUT2D eigenvalue weighted by molar-refractivity contribution is 0.105. The summed E-state index contributed by atoms with van der Waals surface area (Å²) in [5, 5.41) is 0.493. The monoisotopic (exact) mass is 353 g/mol. The predicted molar refractivity (Wildman–Crippen MR) is 91.2 cm³/mol. The second-order valence-electron chi connectivity index (χ2n) is 5.88. The van der Waals surface area contributed by atoms with E-state index in [2.05, 4.69) is 0 Å². The Kier molecular flexibility index (Phi) is 3.05. The first-order valence-electron chi connectivity index (χ1n) is 7.82. The van der Waals surface area contributed by atoms with Crippen molar-refractivity contribution in [2.45, 2.75) is 12.6 Å². The number of cyclic esters (lactones) is 1. The molecule has 2 aliphatic heterocycles. The minimum atomic E-state index is -0.703. The summed E-state index contributed by atoms with van der Waals surface area (Å²) < 4.78 is 17.2. The van der Waals surface area contributed by atoms with Gasteiger partial charge in [-0.1, -0.05) is 29.8 Å². The second-order valence-corrected chi connectivity index (χ2v) is 6.29. The molecule has 0 fully saturated rings. The maximum Gasteiger partial charge on any atom is 0.415 e. The topological polar surface area (TPSA) is 51.9 Å². The molecule has 2 aliphatic rings. The number of fused-ring (bicyclic) bond motifs is 1. The van der Waals surface area contributed by atoms with Gasteiger partial charge in [-0.15, -0.1) is 0 Å². The molecule has 5 rings (SSSR count). The van der Waals surface area contributed by atoms with E-state index in [1.54, 1.807) is 29.2 Å².